The molecule has 0 saturated heterocycles. The van der Waals surface area contributed by atoms with Crippen LogP contribution in [0.3, 0.4) is 0 Å². The predicted octanol–water partition coefficient (Wildman–Crippen LogP) is 2.92. The summed E-state index contributed by atoms with van der Waals surface area (Å²) in [5, 5.41) is 12.3. The predicted molar refractivity (Wildman–Crippen MR) is 83.2 cm³/mol. The number of aliphatic hydroxyl groups excluding tert-OH is 1. The molecule has 2 aromatic rings. The molecule has 0 bridgehead atoms. The van der Waals surface area contributed by atoms with Crippen LogP contribution in [0.15, 0.2) is 42.5 Å². The highest BCUT2D eigenvalue weighted by molar-refractivity contribution is 5.88. The first-order valence-electron chi connectivity index (χ1n) is 7.25. The minimum absolute atomic E-state index is 0.324. The Morgan fingerprint density at radius 3 is 2.50 bits per heavy atom. The molecule has 0 saturated carbocycles. The summed E-state index contributed by atoms with van der Waals surface area (Å²) in [5.74, 6) is 0.835. The first kappa shape index (κ1) is 14.8. The van der Waals surface area contributed by atoms with E-state index in [4.69, 9.17) is 4.74 Å². The molecule has 0 aliphatic heterocycles. The van der Waals surface area contributed by atoms with E-state index in [0.29, 0.717) is 13.2 Å². The average molecular weight is 273 g/mol. The van der Waals surface area contributed by atoms with Gasteiger partial charge in [-0.15, -0.1) is 0 Å². The van der Waals surface area contributed by atoms with Crippen molar-refractivity contribution >= 4 is 10.8 Å². The fraction of sp³-hybridized carbons (Fsp3) is 0.412. The van der Waals surface area contributed by atoms with Crippen LogP contribution in [0.1, 0.15) is 13.8 Å². The summed E-state index contributed by atoms with van der Waals surface area (Å²) in [5.41, 5.74) is 0. The quantitative estimate of drug-likeness (QED) is 0.842. The number of ether oxygens (including phenoxy) is 1. The number of hydrogen-bond donors (Lipinski definition) is 1. The standard InChI is InChI=1S/C17H23NO2/c1-3-18(4-2)12-15(19)13-20-17-11-7-9-14-8-5-6-10-16(14)17/h5-11,15,19H,3-4,12-13H2,1-2H3/t15-/m1/s1. The van der Waals surface area contributed by atoms with E-state index in [-0.39, 0.29) is 0 Å². The SMILES string of the molecule is CCN(CC)C[C@@H](O)COc1cccc2ccccc12. The number of nitrogens with zero attached hydrogens (tertiary/aromatic N) is 1. The number of fused-ring (bicyclic) bond motifs is 1. The van der Waals surface area contributed by atoms with E-state index in [1.54, 1.807) is 0 Å². The van der Waals surface area contributed by atoms with Gasteiger partial charge in [-0.2, -0.15) is 0 Å². The molecule has 0 aliphatic rings. The summed E-state index contributed by atoms with van der Waals surface area (Å²) in [7, 11) is 0. The lowest BCUT2D eigenvalue weighted by Gasteiger charge is -2.22. The molecule has 0 fully saturated rings. The Hall–Kier alpha value is -1.58. The maximum absolute atomic E-state index is 10.0. The van der Waals surface area contributed by atoms with Crippen LogP contribution < -0.4 is 4.74 Å². The average Bonchev–Trinajstić information content (AvgIpc) is 2.50. The summed E-state index contributed by atoms with van der Waals surface area (Å²) in [6.07, 6.45) is -0.464. The van der Waals surface area contributed by atoms with Crippen LogP contribution in [-0.2, 0) is 0 Å². The molecule has 0 unspecified atom stereocenters. The van der Waals surface area contributed by atoms with Gasteiger partial charge in [0.15, 0.2) is 0 Å². The summed E-state index contributed by atoms with van der Waals surface area (Å²) < 4.78 is 5.79. The van der Waals surface area contributed by atoms with Gasteiger partial charge in [0, 0.05) is 11.9 Å². The summed E-state index contributed by atoms with van der Waals surface area (Å²) in [6.45, 7) is 7.06. The van der Waals surface area contributed by atoms with Crippen molar-refractivity contribution in [3.63, 3.8) is 0 Å². The third-order valence-electron chi connectivity index (χ3n) is 3.54. The zero-order valence-corrected chi connectivity index (χ0v) is 12.2. The molecule has 0 spiro atoms. The maximum Gasteiger partial charge on any atom is 0.127 e. The molecule has 0 radical (unpaired) electrons. The lowest BCUT2D eigenvalue weighted by atomic mass is 10.1. The van der Waals surface area contributed by atoms with Crippen molar-refractivity contribution in [3.05, 3.63) is 42.5 Å². The van der Waals surface area contributed by atoms with Crippen LogP contribution in [0.5, 0.6) is 5.75 Å². The van der Waals surface area contributed by atoms with Crippen LogP contribution in [0, 0.1) is 0 Å². The highest BCUT2D eigenvalue weighted by Crippen LogP contribution is 2.25. The zero-order valence-electron chi connectivity index (χ0n) is 12.2. The van der Waals surface area contributed by atoms with Gasteiger partial charge in [-0.3, -0.25) is 0 Å². The number of benzene rings is 2. The number of hydrogen-bond acceptors (Lipinski definition) is 3. The molecule has 2 aromatic carbocycles. The van der Waals surface area contributed by atoms with Gasteiger partial charge >= 0.3 is 0 Å². The second kappa shape index (κ2) is 7.27. The van der Waals surface area contributed by atoms with Crippen LogP contribution in [0.25, 0.3) is 10.8 Å². The van der Waals surface area contributed by atoms with Crippen molar-refractivity contribution in [1.29, 1.82) is 0 Å². The number of rotatable bonds is 7. The van der Waals surface area contributed by atoms with Gasteiger partial charge in [0.25, 0.3) is 0 Å². The molecular formula is C17H23NO2. The van der Waals surface area contributed by atoms with E-state index in [2.05, 4.69) is 30.9 Å². The van der Waals surface area contributed by atoms with Gasteiger partial charge < -0.3 is 14.7 Å². The fourth-order valence-corrected chi connectivity index (χ4v) is 2.34. The van der Waals surface area contributed by atoms with E-state index in [1.807, 2.05) is 30.3 Å². The molecule has 0 heterocycles. The van der Waals surface area contributed by atoms with Crippen molar-refractivity contribution in [2.75, 3.05) is 26.2 Å². The molecule has 0 aromatic heterocycles. The lowest BCUT2D eigenvalue weighted by molar-refractivity contribution is 0.0722. The first-order valence-corrected chi connectivity index (χ1v) is 7.25. The Morgan fingerprint density at radius 2 is 1.75 bits per heavy atom. The highest BCUT2D eigenvalue weighted by Gasteiger charge is 2.10. The zero-order chi connectivity index (χ0) is 14.4. The van der Waals surface area contributed by atoms with Crippen LogP contribution in [0.4, 0.5) is 0 Å². The second-order valence-electron chi connectivity index (χ2n) is 4.93. The molecule has 0 aliphatic carbocycles. The van der Waals surface area contributed by atoms with Gasteiger partial charge in [-0.25, -0.2) is 0 Å². The molecule has 3 heteroatoms. The minimum Gasteiger partial charge on any atom is -0.490 e. The molecule has 1 N–H and O–H groups in total. The van der Waals surface area contributed by atoms with E-state index in [1.165, 1.54) is 0 Å². The normalized spacial score (nSPS) is 12.8. The molecule has 3 nitrogen and oxygen atoms in total. The molecule has 108 valence electrons. The van der Waals surface area contributed by atoms with E-state index in [9.17, 15) is 5.11 Å². The lowest BCUT2D eigenvalue weighted by Crippen LogP contribution is -2.35. The van der Waals surface area contributed by atoms with E-state index >= 15 is 0 Å². The summed E-state index contributed by atoms with van der Waals surface area (Å²) in [4.78, 5) is 2.19. The summed E-state index contributed by atoms with van der Waals surface area (Å²) >= 11 is 0. The largest absolute Gasteiger partial charge is 0.490 e. The molecule has 0 amide bonds. The molecule has 20 heavy (non-hydrogen) atoms. The van der Waals surface area contributed by atoms with Gasteiger partial charge in [0.2, 0.25) is 0 Å². The number of likely N-dealkylation sites (N-methyl/N-ethyl adjacent to an activating group) is 1. The Morgan fingerprint density at radius 1 is 1.05 bits per heavy atom. The Balaban J connectivity index is 1.99. The second-order valence-corrected chi connectivity index (χ2v) is 4.93. The van der Waals surface area contributed by atoms with Gasteiger partial charge in [-0.1, -0.05) is 50.2 Å². The van der Waals surface area contributed by atoms with Crippen molar-refractivity contribution < 1.29 is 9.84 Å². The third kappa shape index (κ3) is 3.71. The minimum atomic E-state index is -0.464. The van der Waals surface area contributed by atoms with E-state index in [0.717, 1.165) is 29.6 Å². The Kier molecular flexibility index (Phi) is 5.39. The van der Waals surface area contributed by atoms with E-state index < -0.39 is 6.10 Å². The van der Waals surface area contributed by atoms with Gasteiger partial charge in [-0.05, 0) is 24.5 Å². The highest BCUT2D eigenvalue weighted by atomic mass is 16.5. The maximum atomic E-state index is 10.0. The summed E-state index contributed by atoms with van der Waals surface area (Å²) in [6, 6.07) is 14.1. The monoisotopic (exact) mass is 273 g/mol. The molecule has 2 rings (SSSR count). The first-order chi connectivity index (χ1) is 9.74. The molecular weight excluding hydrogens is 250 g/mol. The molecule has 1 atom stereocenters. The smallest absolute Gasteiger partial charge is 0.127 e. The fourth-order valence-electron chi connectivity index (χ4n) is 2.34. The Labute approximate surface area is 120 Å². The van der Waals surface area contributed by atoms with Gasteiger partial charge in [0.05, 0.1) is 0 Å². The van der Waals surface area contributed by atoms with Crippen molar-refractivity contribution in [3.8, 4) is 5.75 Å². The van der Waals surface area contributed by atoms with Crippen LogP contribution in [-0.4, -0.2) is 42.4 Å². The van der Waals surface area contributed by atoms with Crippen LogP contribution in [0.2, 0.25) is 0 Å². The Bertz CT molecular complexity index is 532. The van der Waals surface area contributed by atoms with Crippen LogP contribution >= 0.6 is 0 Å². The van der Waals surface area contributed by atoms with Crippen molar-refractivity contribution in [2.45, 2.75) is 20.0 Å². The van der Waals surface area contributed by atoms with Gasteiger partial charge in [0.1, 0.15) is 18.5 Å². The third-order valence-corrected chi connectivity index (χ3v) is 3.54. The van der Waals surface area contributed by atoms with Crippen molar-refractivity contribution in [1.82, 2.24) is 4.90 Å². The topological polar surface area (TPSA) is 32.7 Å². The van der Waals surface area contributed by atoms with Crippen molar-refractivity contribution in [2.24, 2.45) is 0 Å². The number of aliphatic hydroxyl groups is 1.